The van der Waals surface area contributed by atoms with E-state index in [2.05, 4.69) is 5.16 Å². The van der Waals surface area contributed by atoms with Crippen molar-refractivity contribution in [2.75, 3.05) is 0 Å². The summed E-state index contributed by atoms with van der Waals surface area (Å²) in [5.74, 6) is 0.313. The second-order valence-corrected chi connectivity index (χ2v) is 3.35. The standard InChI is InChI=1S/C11H7NO3/c13-11-10-8(6-12-15-10)5-7-3-1-2-4-9(7)14-11/h1-4,6H,5H2. The lowest BCUT2D eigenvalue weighted by Crippen LogP contribution is -2.07. The van der Waals surface area contributed by atoms with E-state index in [0.29, 0.717) is 12.2 Å². The van der Waals surface area contributed by atoms with Gasteiger partial charge in [-0.3, -0.25) is 0 Å². The van der Waals surface area contributed by atoms with Gasteiger partial charge in [-0.2, -0.15) is 0 Å². The number of nitrogens with zero attached hydrogens (tertiary/aromatic N) is 1. The first-order valence-corrected chi connectivity index (χ1v) is 4.58. The number of rotatable bonds is 0. The van der Waals surface area contributed by atoms with E-state index in [0.717, 1.165) is 11.1 Å². The highest BCUT2D eigenvalue weighted by Gasteiger charge is 2.24. The van der Waals surface area contributed by atoms with Crippen molar-refractivity contribution in [3.63, 3.8) is 0 Å². The first-order chi connectivity index (χ1) is 7.34. The normalized spacial score (nSPS) is 13.7. The summed E-state index contributed by atoms with van der Waals surface area (Å²) in [5, 5.41) is 3.59. The van der Waals surface area contributed by atoms with Gasteiger partial charge in [0, 0.05) is 12.0 Å². The van der Waals surface area contributed by atoms with E-state index in [1.54, 1.807) is 12.3 Å². The summed E-state index contributed by atoms with van der Waals surface area (Å²) in [5.41, 5.74) is 1.73. The van der Waals surface area contributed by atoms with Gasteiger partial charge in [-0.25, -0.2) is 4.79 Å². The number of esters is 1. The van der Waals surface area contributed by atoms with Crippen molar-refractivity contribution in [2.24, 2.45) is 0 Å². The van der Waals surface area contributed by atoms with E-state index in [-0.39, 0.29) is 5.76 Å². The van der Waals surface area contributed by atoms with Gasteiger partial charge >= 0.3 is 5.97 Å². The molecule has 1 aliphatic rings. The summed E-state index contributed by atoms with van der Waals surface area (Å²) in [6.07, 6.45) is 2.17. The van der Waals surface area contributed by atoms with Crippen LogP contribution in [0, 0.1) is 0 Å². The van der Waals surface area contributed by atoms with Gasteiger partial charge in [-0.15, -0.1) is 0 Å². The average molecular weight is 201 g/mol. The highest BCUT2D eigenvalue weighted by molar-refractivity contribution is 5.90. The van der Waals surface area contributed by atoms with Gasteiger partial charge in [0.05, 0.1) is 6.20 Å². The monoisotopic (exact) mass is 201 g/mol. The first kappa shape index (κ1) is 8.23. The second kappa shape index (κ2) is 2.95. The number of para-hydroxylation sites is 1. The van der Waals surface area contributed by atoms with Crippen LogP contribution in [-0.4, -0.2) is 11.1 Å². The lowest BCUT2D eigenvalue weighted by molar-refractivity contribution is 0.0692. The van der Waals surface area contributed by atoms with E-state index >= 15 is 0 Å². The molecular formula is C11H7NO3. The van der Waals surface area contributed by atoms with Crippen LogP contribution in [0.25, 0.3) is 0 Å². The number of hydrogen-bond donors (Lipinski definition) is 0. The molecule has 4 heteroatoms. The maximum atomic E-state index is 11.6. The first-order valence-electron chi connectivity index (χ1n) is 4.58. The van der Waals surface area contributed by atoms with E-state index in [9.17, 15) is 4.79 Å². The van der Waals surface area contributed by atoms with Crippen LogP contribution < -0.4 is 4.74 Å². The van der Waals surface area contributed by atoms with Crippen LogP contribution in [-0.2, 0) is 6.42 Å². The van der Waals surface area contributed by atoms with Crippen LogP contribution in [0.5, 0.6) is 5.75 Å². The fraction of sp³-hybridized carbons (Fsp3) is 0.0909. The number of fused-ring (bicyclic) bond motifs is 2. The Bertz CT molecular complexity index is 530. The van der Waals surface area contributed by atoms with Crippen LogP contribution in [0.3, 0.4) is 0 Å². The molecule has 74 valence electrons. The molecule has 2 heterocycles. The third-order valence-corrected chi connectivity index (χ3v) is 2.39. The molecule has 3 rings (SSSR count). The molecule has 0 aliphatic carbocycles. The number of ether oxygens (including phenoxy) is 1. The quantitative estimate of drug-likeness (QED) is 0.481. The Kier molecular flexibility index (Phi) is 1.62. The number of carbonyl (C=O) groups excluding carboxylic acids is 1. The highest BCUT2D eigenvalue weighted by Crippen LogP contribution is 2.27. The molecule has 1 aromatic heterocycles. The van der Waals surface area contributed by atoms with Crippen LogP contribution in [0.2, 0.25) is 0 Å². The zero-order valence-electron chi connectivity index (χ0n) is 7.77. The fourth-order valence-electron chi connectivity index (χ4n) is 1.66. The Morgan fingerprint density at radius 3 is 3.00 bits per heavy atom. The minimum atomic E-state index is -0.479. The minimum absolute atomic E-state index is 0.200. The molecule has 1 aliphatic heterocycles. The van der Waals surface area contributed by atoms with Crippen LogP contribution in [0.15, 0.2) is 35.0 Å². The molecule has 0 radical (unpaired) electrons. The second-order valence-electron chi connectivity index (χ2n) is 3.35. The molecule has 0 fully saturated rings. The predicted molar refractivity (Wildman–Crippen MR) is 50.7 cm³/mol. The van der Waals surface area contributed by atoms with Gasteiger partial charge in [0.2, 0.25) is 5.76 Å². The Labute approximate surface area is 85.5 Å². The molecular weight excluding hydrogens is 194 g/mol. The van der Waals surface area contributed by atoms with Gasteiger partial charge < -0.3 is 9.26 Å². The molecule has 1 aromatic carbocycles. The van der Waals surface area contributed by atoms with E-state index < -0.39 is 5.97 Å². The number of carbonyl (C=O) groups is 1. The zero-order valence-corrected chi connectivity index (χ0v) is 7.77. The lowest BCUT2D eigenvalue weighted by Gasteiger charge is -2.03. The Hall–Kier alpha value is -2.10. The lowest BCUT2D eigenvalue weighted by atomic mass is 10.1. The van der Waals surface area contributed by atoms with Gasteiger partial charge in [0.1, 0.15) is 5.75 Å². The summed E-state index contributed by atoms with van der Waals surface area (Å²) in [7, 11) is 0. The zero-order chi connectivity index (χ0) is 10.3. The third kappa shape index (κ3) is 1.22. The van der Waals surface area contributed by atoms with Gasteiger partial charge in [-0.1, -0.05) is 23.4 Å². The number of benzene rings is 1. The molecule has 4 nitrogen and oxygen atoms in total. The Morgan fingerprint density at radius 1 is 1.20 bits per heavy atom. The Morgan fingerprint density at radius 2 is 2.07 bits per heavy atom. The molecule has 0 unspecified atom stereocenters. The number of aromatic nitrogens is 1. The third-order valence-electron chi connectivity index (χ3n) is 2.39. The van der Waals surface area contributed by atoms with Crippen molar-refractivity contribution in [1.29, 1.82) is 0 Å². The van der Waals surface area contributed by atoms with Crippen molar-refractivity contribution in [3.05, 3.63) is 47.3 Å². The fourth-order valence-corrected chi connectivity index (χ4v) is 1.66. The minimum Gasteiger partial charge on any atom is -0.420 e. The molecule has 15 heavy (non-hydrogen) atoms. The maximum absolute atomic E-state index is 11.6. The molecule has 0 saturated heterocycles. The predicted octanol–water partition coefficient (Wildman–Crippen LogP) is 1.80. The molecule has 0 saturated carbocycles. The van der Waals surface area contributed by atoms with Crippen LogP contribution in [0.4, 0.5) is 0 Å². The van der Waals surface area contributed by atoms with Crippen molar-refractivity contribution in [2.45, 2.75) is 6.42 Å². The number of hydrogen-bond acceptors (Lipinski definition) is 4. The van der Waals surface area contributed by atoms with Gasteiger partial charge in [0.25, 0.3) is 0 Å². The van der Waals surface area contributed by atoms with E-state index in [4.69, 9.17) is 9.26 Å². The average Bonchev–Trinajstić information content (AvgIpc) is 2.64. The maximum Gasteiger partial charge on any atom is 0.382 e. The van der Waals surface area contributed by atoms with E-state index in [1.807, 2.05) is 18.2 Å². The summed E-state index contributed by atoms with van der Waals surface area (Å²) >= 11 is 0. The highest BCUT2D eigenvalue weighted by atomic mass is 16.6. The van der Waals surface area contributed by atoms with Crippen LogP contribution in [0.1, 0.15) is 21.7 Å². The SMILES string of the molecule is O=C1Oc2ccccc2Cc2cnoc21. The summed E-state index contributed by atoms with van der Waals surface area (Å²) < 4.78 is 10.0. The van der Waals surface area contributed by atoms with Gasteiger partial charge in [0.15, 0.2) is 0 Å². The van der Waals surface area contributed by atoms with Gasteiger partial charge in [-0.05, 0) is 11.6 Å². The van der Waals surface area contributed by atoms with E-state index in [1.165, 1.54) is 0 Å². The molecule has 0 bridgehead atoms. The smallest absolute Gasteiger partial charge is 0.382 e. The molecule has 0 atom stereocenters. The largest absolute Gasteiger partial charge is 0.420 e. The van der Waals surface area contributed by atoms with Crippen molar-refractivity contribution >= 4 is 5.97 Å². The Balaban J connectivity index is 2.18. The summed E-state index contributed by atoms with van der Waals surface area (Å²) in [6.45, 7) is 0. The molecule has 2 aromatic rings. The molecule has 0 N–H and O–H groups in total. The van der Waals surface area contributed by atoms with Crippen molar-refractivity contribution in [3.8, 4) is 5.75 Å². The van der Waals surface area contributed by atoms with Crippen molar-refractivity contribution < 1.29 is 14.1 Å². The summed E-state index contributed by atoms with van der Waals surface area (Å²) in [6, 6.07) is 7.43. The summed E-state index contributed by atoms with van der Waals surface area (Å²) in [4.78, 5) is 11.6. The van der Waals surface area contributed by atoms with Crippen LogP contribution >= 0.6 is 0 Å². The topological polar surface area (TPSA) is 52.3 Å². The molecule has 0 spiro atoms. The molecule has 0 amide bonds. The van der Waals surface area contributed by atoms with Crippen molar-refractivity contribution in [1.82, 2.24) is 5.16 Å².